The van der Waals surface area contributed by atoms with Gasteiger partial charge in [-0.3, -0.25) is 0 Å². The normalized spacial score (nSPS) is 11.3. The quantitative estimate of drug-likeness (QED) is 0.545. The van der Waals surface area contributed by atoms with Crippen LogP contribution in [0, 0.1) is 28.8 Å². The zero-order valence-electron chi connectivity index (χ0n) is 7.50. The SMILES string of the molecule is N#CCc1cc(F)c(C(F)(F)F)c(F)c1F. The Balaban J connectivity index is 3.48. The molecule has 0 saturated carbocycles. The zero-order chi connectivity index (χ0) is 12.5. The third-order valence-electron chi connectivity index (χ3n) is 1.79. The molecule has 0 bridgehead atoms. The second-order valence-corrected chi connectivity index (χ2v) is 2.85. The fourth-order valence-electron chi connectivity index (χ4n) is 1.12. The molecule has 86 valence electrons. The van der Waals surface area contributed by atoms with Crippen molar-refractivity contribution in [2.24, 2.45) is 0 Å². The average Bonchev–Trinajstić information content (AvgIpc) is 2.12. The van der Waals surface area contributed by atoms with Crippen molar-refractivity contribution in [3.8, 4) is 6.07 Å². The first-order valence-electron chi connectivity index (χ1n) is 3.89. The maximum atomic E-state index is 13.0. The zero-order valence-corrected chi connectivity index (χ0v) is 7.50. The molecule has 0 N–H and O–H groups in total. The molecule has 0 heterocycles. The van der Waals surface area contributed by atoms with Gasteiger partial charge in [0.15, 0.2) is 11.6 Å². The number of rotatable bonds is 1. The summed E-state index contributed by atoms with van der Waals surface area (Å²) in [5, 5.41) is 8.17. The van der Waals surface area contributed by atoms with Crippen molar-refractivity contribution in [2.75, 3.05) is 0 Å². The summed E-state index contributed by atoms with van der Waals surface area (Å²) in [5.41, 5.74) is -3.03. The van der Waals surface area contributed by atoms with Crippen LogP contribution in [0.3, 0.4) is 0 Å². The molecule has 0 amide bonds. The monoisotopic (exact) mass is 239 g/mol. The molecular formula is C9H3F6N. The van der Waals surface area contributed by atoms with E-state index < -0.39 is 41.2 Å². The highest BCUT2D eigenvalue weighted by atomic mass is 19.4. The molecule has 0 aliphatic rings. The Morgan fingerprint density at radius 3 is 2.12 bits per heavy atom. The van der Waals surface area contributed by atoms with Gasteiger partial charge in [0.2, 0.25) is 0 Å². The van der Waals surface area contributed by atoms with Gasteiger partial charge in [-0.1, -0.05) is 0 Å². The highest BCUT2D eigenvalue weighted by Crippen LogP contribution is 2.35. The van der Waals surface area contributed by atoms with Crippen molar-refractivity contribution in [1.29, 1.82) is 5.26 Å². The summed E-state index contributed by atoms with van der Waals surface area (Å²) < 4.78 is 75.0. The van der Waals surface area contributed by atoms with Crippen LogP contribution in [0.15, 0.2) is 6.07 Å². The van der Waals surface area contributed by atoms with Crippen LogP contribution in [0.2, 0.25) is 0 Å². The Hall–Kier alpha value is -1.71. The second-order valence-electron chi connectivity index (χ2n) is 2.85. The molecule has 1 aromatic rings. The van der Waals surface area contributed by atoms with Gasteiger partial charge >= 0.3 is 6.18 Å². The number of halogens is 6. The molecule has 0 spiro atoms. The number of benzene rings is 1. The molecule has 0 aromatic heterocycles. The predicted octanol–water partition coefficient (Wildman–Crippen LogP) is 3.19. The van der Waals surface area contributed by atoms with Crippen LogP contribution in [0.25, 0.3) is 0 Å². The van der Waals surface area contributed by atoms with E-state index in [4.69, 9.17) is 5.26 Å². The van der Waals surface area contributed by atoms with Crippen molar-refractivity contribution >= 4 is 0 Å². The van der Waals surface area contributed by atoms with Crippen molar-refractivity contribution in [3.05, 3.63) is 34.6 Å². The Morgan fingerprint density at radius 1 is 1.12 bits per heavy atom. The fourth-order valence-corrected chi connectivity index (χ4v) is 1.12. The van der Waals surface area contributed by atoms with E-state index in [9.17, 15) is 26.3 Å². The molecule has 1 nitrogen and oxygen atoms in total. The predicted molar refractivity (Wildman–Crippen MR) is 40.6 cm³/mol. The largest absolute Gasteiger partial charge is 0.422 e. The van der Waals surface area contributed by atoms with Crippen LogP contribution in [-0.2, 0) is 12.6 Å². The summed E-state index contributed by atoms with van der Waals surface area (Å²) in [6.45, 7) is 0. The summed E-state index contributed by atoms with van der Waals surface area (Å²) >= 11 is 0. The lowest BCUT2D eigenvalue weighted by atomic mass is 10.1. The summed E-state index contributed by atoms with van der Waals surface area (Å²) in [6, 6.07) is 1.55. The Kier molecular flexibility index (Phi) is 3.12. The van der Waals surface area contributed by atoms with Crippen molar-refractivity contribution in [1.82, 2.24) is 0 Å². The first kappa shape index (κ1) is 12.4. The lowest BCUT2D eigenvalue weighted by molar-refractivity contribution is -0.142. The molecule has 0 radical (unpaired) electrons. The molecule has 0 atom stereocenters. The summed E-state index contributed by atoms with van der Waals surface area (Å²) in [6.07, 6.45) is -6.03. The van der Waals surface area contributed by atoms with Crippen LogP contribution in [0.5, 0.6) is 0 Å². The van der Waals surface area contributed by atoms with Crippen LogP contribution in [-0.4, -0.2) is 0 Å². The van der Waals surface area contributed by atoms with Gasteiger partial charge in [-0.2, -0.15) is 18.4 Å². The summed E-state index contributed by atoms with van der Waals surface area (Å²) in [5.74, 6) is -6.11. The van der Waals surface area contributed by atoms with E-state index in [-0.39, 0.29) is 6.07 Å². The molecule has 0 fully saturated rings. The number of hydrogen-bond acceptors (Lipinski definition) is 1. The molecule has 0 aliphatic heterocycles. The Labute approximate surface area is 85.9 Å². The topological polar surface area (TPSA) is 23.8 Å². The number of alkyl halides is 3. The lowest BCUT2D eigenvalue weighted by Gasteiger charge is -2.11. The minimum absolute atomic E-state index is 0.171. The van der Waals surface area contributed by atoms with Crippen LogP contribution in [0.1, 0.15) is 11.1 Å². The van der Waals surface area contributed by atoms with E-state index in [2.05, 4.69) is 0 Å². The number of hydrogen-bond donors (Lipinski definition) is 0. The van der Waals surface area contributed by atoms with E-state index in [1.807, 2.05) is 0 Å². The first-order chi connectivity index (χ1) is 7.29. The van der Waals surface area contributed by atoms with Gasteiger partial charge in [0.1, 0.15) is 11.4 Å². The Morgan fingerprint density at radius 2 is 1.69 bits per heavy atom. The highest BCUT2D eigenvalue weighted by molar-refractivity contribution is 5.31. The third-order valence-corrected chi connectivity index (χ3v) is 1.79. The fraction of sp³-hybridized carbons (Fsp3) is 0.222. The van der Waals surface area contributed by atoms with Gasteiger partial charge in [-0.15, -0.1) is 0 Å². The van der Waals surface area contributed by atoms with Crippen LogP contribution in [0.4, 0.5) is 26.3 Å². The number of nitrogens with zero attached hydrogens (tertiary/aromatic N) is 1. The average molecular weight is 239 g/mol. The highest BCUT2D eigenvalue weighted by Gasteiger charge is 2.39. The van der Waals surface area contributed by atoms with Gasteiger partial charge in [-0.05, 0) is 6.07 Å². The summed E-state index contributed by atoms with van der Waals surface area (Å²) in [7, 11) is 0. The van der Waals surface area contributed by atoms with Crippen molar-refractivity contribution in [2.45, 2.75) is 12.6 Å². The van der Waals surface area contributed by atoms with E-state index in [1.165, 1.54) is 6.07 Å². The molecular weight excluding hydrogens is 236 g/mol. The van der Waals surface area contributed by atoms with E-state index in [0.29, 0.717) is 0 Å². The van der Waals surface area contributed by atoms with Gasteiger partial charge in [0.05, 0.1) is 12.5 Å². The maximum absolute atomic E-state index is 13.0. The lowest BCUT2D eigenvalue weighted by Crippen LogP contribution is -2.14. The third kappa shape index (κ3) is 2.10. The van der Waals surface area contributed by atoms with E-state index in [0.717, 1.165) is 0 Å². The first-order valence-corrected chi connectivity index (χ1v) is 3.89. The second kappa shape index (κ2) is 4.04. The van der Waals surface area contributed by atoms with E-state index >= 15 is 0 Å². The molecule has 0 saturated heterocycles. The molecule has 16 heavy (non-hydrogen) atoms. The van der Waals surface area contributed by atoms with Crippen molar-refractivity contribution in [3.63, 3.8) is 0 Å². The smallest absolute Gasteiger partial charge is 0.206 e. The van der Waals surface area contributed by atoms with Crippen LogP contribution < -0.4 is 0 Å². The Bertz CT molecular complexity index is 457. The maximum Gasteiger partial charge on any atom is 0.422 e. The van der Waals surface area contributed by atoms with Gasteiger partial charge in [0, 0.05) is 5.56 Å². The number of nitriles is 1. The minimum Gasteiger partial charge on any atom is -0.206 e. The molecule has 0 aliphatic carbocycles. The minimum atomic E-state index is -5.32. The van der Waals surface area contributed by atoms with Crippen molar-refractivity contribution < 1.29 is 26.3 Å². The summed E-state index contributed by atoms with van der Waals surface area (Å²) in [4.78, 5) is 0. The standard InChI is InChI=1S/C9H3F6N/c10-5-3-4(1-2-16)7(11)8(12)6(5)9(13,14)15/h3H,1H2. The van der Waals surface area contributed by atoms with E-state index in [1.54, 1.807) is 0 Å². The molecule has 1 aromatic carbocycles. The van der Waals surface area contributed by atoms with Gasteiger partial charge < -0.3 is 0 Å². The molecule has 1 rings (SSSR count). The molecule has 0 unspecified atom stereocenters. The molecule has 7 heteroatoms. The van der Waals surface area contributed by atoms with Gasteiger partial charge in [-0.25, -0.2) is 13.2 Å². The van der Waals surface area contributed by atoms with Gasteiger partial charge in [0.25, 0.3) is 0 Å². The van der Waals surface area contributed by atoms with Crippen LogP contribution >= 0.6 is 0 Å².